The Bertz CT molecular complexity index is 1170. The molecule has 0 aliphatic rings. The molecule has 0 bridgehead atoms. The van der Waals surface area contributed by atoms with Gasteiger partial charge in [0.25, 0.3) is 0 Å². The summed E-state index contributed by atoms with van der Waals surface area (Å²) in [6.07, 6.45) is -4.74. The minimum absolute atomic E-state index is 0.201. The van der Waals surface area contributed by atoms with Gasteiger partial charge < -0.3 is 5.11 Å². The molecule has 29 heavy (non-hydrogen) atoms. The van der Waals surface area contributed by atoms with Crippen molar-refractivity contribution in [3.8, 4) is 10.4 Å². The van der Waals surface area contributed by atoms with Crippen molar-refractivity contribution < 1.29 is 26.7 Å². The van der Waals surface area contributed by atoms with Crippen LogP contribution in [0.5, 0.6) is 0 Å². The minimum atomic E-state index is -4.74. The van der Waals surface area contributed by atoms with Gasteiger partial charge in [-0.3, -0.25) is 0 Å². The third-order valence-electron chi connectivity index (χ3n) is 4.13. The van der Waals surface area contributed by atoms with Crippen molar-refractivity contribution in [2.24, 2.45) is 0 Å². The van der Waals surface area contributed by atoms with Crippen molar-refractivity contribution in [1.82, 2.24) is 0 Å². The summed E-state index contributed by atoms with van der Waals surface area (Å²) in [5.74, 6) is -0.964. The lowest BCUT2D eigenvalue weighted by Gasteiger charge is -2.13. The van der Waals surface area contributed by atoms with Crippen LogP contribution >= 0.6 is 22.9 Å². The maximum absolute atomic E-state index is 13.0. The summed E-state index contributed by atoms with van der Waals surface area (Å²) in [6, 6.07) is 10.7. The molecule has 3 rings (SSSR count). The molecule has 1 N–H and O–H groups in total. The predicted octanol–water partition coefficient (Wildman–Crippen LogP) is 6.59. The monoisotopic (exact) mass is 458 g/mol. The van der Waals surface area contributed by atoms with E-state index in [1.54, 1.807) is 12.1 Å². The van der Waals surface area contributed by atoms with Crippen molar-refractivity contribution in [3.63, 3.8) is 0 Å². The van der Waals surface area contributed by atoms with Gasteiger partial charge >= 0.3 is 6.18 Å². The molecule has 3 aromatic rings. The molecule has 9 heteroatoms. The number of halogens is 4. The summed E-state index contributed by atoms with van der Waals surface area (Å²) in [5, 5.41) is 11.4. The molecule has 0 aliphatic heterocycles. The highest BCUT2D eigenvalue weighted by Crippen LogP contribution is 2.35. The number of benzene rings is 2. The number of rotatable bonds is 5. The first-order chi connectivity index (χ1) is 13.5. The predicted molar refractivity (Wildman–Crippen MR) is 109 cm³/mol. The molecule has 1 aromatic heterocycles. The largest absolute Gasteiger partial charge is 0.508 e. The second kappa shape index (κ2) is 7.85. The van der Waals surface area contributed by atoms with Crippen LogP contribution in [0.2, 0.25) is 5.02 Å². The Morgan fingerprint density at radius 1 is 1.14 bits per heavy atom. The molecule has 0 saturated heterocycles. The molecule has 0 atom stereocenters. The number of hydrogen-bond donors (Lipinski definition) is 1. The summed E-state index contributed by atoms with van der Waals surface area (Å²) < 4.78 is 64.9. The first-order valence-electron chi connectivity index (χ1n) is 8.13. The zero-order chi connectivity index (χ0) is 21.4. The van der Waals surface area contributed by atoms with Crippen molar-refractivity contribution >= 4 is 38.5 Å². The van der Waals surface area contributed by atoms with E-state index in [1.807, 2.05) is 17.5 Å². The van der Waals surface area contributed by atoms with E-state index >= 15 is 0 Å². The van der Waals surface area contributed by atoms with E-state index < -0.39 is 32.2 Å². The topological polar surface area (TPSA) is 54.4 Å². The van der Waals surface area contributed by atoms with Crippen LogP contribution in [0.3, 0.4) is 0 Å². The maximum Gasteiger partial charge on any atom is 0.416 e. The average Bonchev–Trinajstić information content (AvgIpc) is 3.14. The van der Waals surface area contributed by atoms with Gasteiger partial charge in [0.2, 0.25) is 0 Å². The number of sulfone groups is 1. The second-order valence-corrected chi connectivity index (χ2v) is 9.60. The van der Waals surface area contributed by atoms with Crippen molar-refractivity contribution in [2.45, 2.75) is 16.8 Å². The number of hydrogen-bond acceptors (Lipinski definition) is 4. The number of aliphatic hydroxyl groups is 1. The fourth-order valence-electron chi connectivity index (χ4n) is 2.78. The van der Waals surface area contributed by atoms with Gasteiger partial charge in [-0.15, -0.1) is 11.3 Å². The van der Waals surface area contributed by atoms with Gasteiger partial charge in [-0.05, 0) is 46.8 Å². The van der Waals surface area contributed by atoms with Crippen LogP contribution in [0.25, 0.3) is 16.2 Å². The SMILES string of the molecule is C=C(O)c1ccc(-c2cccs2)cc1CS(=O)(=O)c1cc(Cl)cc(C(F)(F)F)c1. The highest BCUT2D eigenvalue weighted by molar-refractivity contribution is 7.90. The number of alkyl halides is 3. The minimum Gasteiger partial charge on any atom is -0.508 e. The van der Waals surface area contributed by atoms with E-state index in [0.717, 1.165) is 16.5 Å². The van der Waals surface area contributed by atoms with E-state index in [1.165, 1.54) is 17.4 Å². The Morgan fingerprint density at radius 2 is 1.86 bits per heavy atom. The third kappa shape index (κ3) is 4.83. The lowest BCUT2D eigenvalue weighted by molar-refractivity contribution is -0.137. The van der Waals surface area contributed by atoms with Crippen LogP contribution in [-0.2, 0) is 21.8 Å². The van der Waals surface area contributed by atoms with Crippen LogP contribution in [0, 0.1) is 0 Å². The molecular weight excluding hydrogens is 445 g/mol. The number of aliphatic hydroxyl groups excluding tert-OH is 1. The quantitative estimate of drug-likeness (QED) is 0.439. The van der Waals surface area contributed by atoms with Gasteiger partial charge in [0.05, 0.1) is 16.2 Å². The number of thiophene rings is 1. The Hall–Kier alpha value is -2.29. The summed E-state index contributed by atoms with van der Waals surface area (Å²) in [4.78, 5) is 0.328. The highest BCUT2D eigenvalue weighted by atomic mass is 35.5. The van der Waals surface area contributed by atoms with E-state index in [-0.39, 0.29) is 21.9 Å². The molecule has 2 aromatic carbocycles. The second-order valence-electron chi connectivity index (χ2n) is 6.23. The van der Waals surface area contributed by atoms with Crippen LogP contribution in [0.4, 0.5) is 13.2 Å². The molecule has 0 amide bonds. The standard InChI is InChI=1S/C20H14ClF3O3S2/c1-12(25)18-5-4-13(19-3-2-6-28-19)7-14(18)11-29(26,27)17-9-15(20(22,23)24)8-16(21)10-17/h2-10,25H,1,11H2. The summed E-state index contributed by atoms with van der Waals surface area (Å²) in [6.45, 7) is 3.44. The zero-order valence-electron chi connectivity index (χ0n) is 14.7. The van der Waals surface area contributed by atoms with E-state index in [0.29, 0.717) is 12.1 Å². The highest BCUT2D eigenvalue weighted by Gasteiger charge is 2.32. The van der Waals surface area contributed by atoms with E-state index in [4.69, 9.17) is 11.6 Å². The Labute approximate surface area is 174 Å². The lowest BCUT2D eigenvalue weighted by atomic mass is 10.0. The fraction of sp³-hybridized carbons (Fsp3) is 0.100. The van der Waals surface area contributed by atoms with Gasteiger partial charge in [0.1, 0.15) is 5.76 Å². The smallest absolute Gasteiger partial charge is 0.416 e. The molecule has 0 saturated carbocycles. The van der Waals surface area contributed by atoms with Gasteiger partial charge in [0, 0.05) is 15.5 Å². The van der Waals surface area contributed by atoms with Crippen LogP contribution in [-0.4, -0.2) is 13.5 Å². The van der Waals surface area contributed by atoms with Crippen LogP contribution in [0.15, 0.2) is 65.4 Å². The Balaban J connectivity index is 2.08. The first kappa shape index (κ1) is 21.4. The molecular formula is C20H14ClF3O3S2. The Kier molecular flexibility index (Phi) is 5.80. The van der Waals surface area contributed by atoms with Gasteiger partial charge in [0.15, 0.2) is 9.84 Å². The molecule has 0 aliphatic carbocycles. The molecule has 0 radical (unpaired) electrons. The Morgan fingerprint density at radius 3 is 2.45 bits per heavy atom. The van der Waals surface area contributed by atoms with Crippen molar-refractivity contribution in [2.75, 3.05) is 0 Å². The summed E-state index contributed by atoms with van der Waals surface area (Å²) in [5.41, 5.74) is -0.0103. The van der Waals surface area contributed by atoms with Crippen LogP contribution in [0.1, 0.15) is 16.7 Å². The zero-order valence-corrected chi connectivity index (χ0v) is 17.1. The average molecular weight is 459 g/mol. The van der Waals surface area contributed by atoms with Crippen molar-refractivity contribution in [1.29, 1.82) is 0 Å². The maximum atomic E-state index is 13.0. The molecule has 1 heterocycles. The third-order valence-corrected chi connectivity index (χ3v) is 6.91. The molecule has 0 unspecified atom stereocenters. The van der Waals surface area contributed by atoms with Gasteiger partial charge in [-0.2, -0.15) is 13.2 Å². The molecule has 0 spiro atoms. The van der Waals surface area contributed by atoms with E-state index in [2.05, 4.69) is 6.58 Å². The molecule has 152 valence electrons. The van der Waals surface area contributed by atoms with Gasteiger partial charge in [-0.1, -0.05) is 36.4 Å². The first-order valence-corrected chi connectivity index (χ1v) is 11.0. The van der Waals surface area contributed by atoms with Crippen molar-refractivity contribution in [3.05, 3.63) is 82.2 Å². The summed E-state index contributed by atoms with van der Waals surface area (Å²) >= 11 is 7.17. The molecule has 3 nitrogen and oxygen atoms in total. The van der Waals surface area contributed by atoms with Gasteiger partial charge in [-0.25, -0.2) is 8.42 Å². The lowest BCUT2D eigenvalue weighted by Crippen LogP contribution is -2.10. The molecule has 0 fully saturated rings. The fourth-order valence-corrected chi connectivity index (χ4v) is 5.24. The van der Waals surface area contributed by atoms with E-state index in [9.17, 15) is 26.7 Å². The normalized spacial score (nSPS) is 12.1. The van der Waals surface area contributed by atoms with Crippen LogP contribution < -0.4 is 0 Å². The summed E-state index contributed by atoms with van der Waals surface area (Å²) in [7, 11) is -4.19.